The summed E-state index contributed by atoms with van der Waals surface area (Å²) in [6.07, 6.45) is 7.48. The van der Waals surface area contributed by atoms with E-state index in [4.69, 9.17) is 0 Å². The Labute approximate surface area is 81.9 Å². The van der Waals surface area contributed by atoms with Gasteiger partial charge in [-0.3, -0.25) is 0 Å². The fraction of sp³-hybridized carbons (Fsp3) is 0.833. The fourth-order valence-corrected chi connectivity index (χ4v) is 2.77. The lowest BCUT2D eigenvalue weighted by Gasteiger charge is -2.21. The molecule has 0 amide bonds. The molecule has 0 aromatic carbocycles. The van der Waals surface area contributed by atoms with Crippen molar-refractivity contribution >= 4 is 0 Å². The van der Waals surface area contributed by atoms with Crippen molar-refractivity contribution in [2.75, 3.05) is 0 Å². The topological polar surface area (TPSA) is 20.2 Å². The zero-order chi connectivity index (χ0) is 9.84. The summed E-state index contributed by atoms with van der Waals surface area (Å²) in [4.78, 5) is 0. The van der Waals surface area contributed by atoms with Gasteiger partial charge in [0.25, 0.3) is 0 Å². The predicted octanol–water partition coefficient (Wildman–Crippen LogP) is 3.00. The van der Waals surface area contributed by atoms with Gasteiger partial charge in [-0.2, -0.15) is 0 Å². The molecule has 0 aromatic rings. The van der Waals surface area contributed by atoms with Crippen LogP contribution in [0.3, 0.4) is 0 Å². The van der Waals surface area contributed by atoms with Crippen LogP contribution in [0.1, 0.15) is 40.0 Å². The van der Waals surface area contributed by atoms with E-state index in [2.05, 4.69) is 26.0 Å². The van der Waals surface area contributed by atoms with Crippen LogP contribution in [0.5, 0.6) is 0 Å². The van der Waals surface area contributed by atoms with Crippen LogP contribution in [0.15, 0.2) is 12.2 Å². The third kappa shape index (κ3) is 2.34. The molecule has 4 atom stereocenters. The SMILES string of the molecule is C/C=C\C[C@@H]1[C@@H](CC)[C@H](C)C[C@@H]1O. The molecule has 0 radical (unpaired) electrons. The summed E-state index contributed by atoms with van der Waals surface area (Å²) in [6.45, 7) is 6.56. The number of rotatable bonds is 3. The number of aliphatic hydroxyl groups excluding tert-OH is 1. The highest BCUT2D eigenvalue weighted by molar-refractivity contribution is 4.93. The van der Waals surface area contributed by atoms with Gasteiger partial charge in [-0.15, -0.1) is 0 Å². The molecule has 76 valence electrons. The van der Waals surface area contributed by atoms with Crippen molar-refractivity contribution in [2.24, 2.45) is 17.8 Å². The predicted molar refractivity (Wildman–Crippen MR) is 56.5 cm³/mol. The van der Waals surface area contributed by atoms with E-state index in [0.29, 0.717) is 11.8 Å². The molecule has 1 heteroatoms. The monoisotopic (exact) mass is 182 g/mol. The van der Waals surface area contributed by atoms with E-state index in [0.717, 1.165) is 18.8 Å². The van der Waals surface area contributed by atoms with Crippen molar-refractivity contribution < 1.29 is 5.11 Å². The van der Waals surface area contributed by atoms with Crippen molar-refractivity contribution in [1.82, 2.24) is 0 Å². The molecule has 0 heterocycles. The molecule has 0 aromatic heterocycles. The second-order valence-electron chi connectivity index (χ2n) is 4.32. The zero-order valence-electron chi connectivity index (χ0n) is 9.03. The summed E-state index contributed by atoms with van der Waals surface area (Å²) in [7, 11) is 0. The molecule has 1 nitrogen and oxygen atoms in total. The summed E-state index contributed by atoms with van der Waals surface area (Å²) >= 11 is 0. The average molecular weight is 182 g/mol. The first kappa shape index (κ1) is 10.8. The highest BCUT2D eigenvalue weighted by atomic mass is 16.3. The molecular formula is C12H22O. The summed E-state index contributed by atoms with van der Waals surface area (Å²) in [5.41, 5.74) is 0. The van der Waals surface area contributed by atoms with E-state index in [9.17, 15) is 5.11 Å². The Balaban J connectivity index is 2.57. The fourth-order valence-electron chi connectivity index (χ4n) is 2.77. The molecule has 0 unspecified atom stereocenters. The smallest absolute Gasteiger partial charge is 0.0576 e. The minimum Gasteiger partial charge on any atom is -0.393 e. The quantitative estimate of drug-likeness (QED) is 0.665. The van der Waals surface area contributed by atoms with E-state index < -0.39 is 0 Å². The maximum Gasteiger partial charge on any atom is 0.0576 e. The van der Waals surface area contributed by atoms with Crippen LogP contribution in [0.4, 0.5) is 0 Å². The molecule has 0 spiro atoms. The van der Waals surface area contributed by atoms with Crippen LogP contribution in [0, 0.1) is 17.8 Å². The van der Waals surface area contributed by atoms with Crippen LogP contribution < -0.4 is 0 Å². The van der Waals surface area contributed by atoms with Gasteiger partial charge in [0.2, 0.25) is 0 Å². The van der Waals surface area contributed by atoms with Gasteiger partial charge >= 0.3 is 0 Å². The van der Waals surface area contributed by atoms with Crippen LogP contribution in [0.2, 0.25) is 0 Å². The third-order valence-corrected chi connectivity index (χ3v) is 3.50. The molecule has 1 aliphatic rings. The minimum atomic E-state index is -0.0591. The lowest BCUT2D eigenvalue weighted by Crippen LogP contribution is -2.18. The molecule has 1 N–H and O–H groups in total. The van der Waals surface area contributed by atoms with Gasteiger partial charge in [0.05, 0.1) is 6.10 Å². The Morgan fingerprint density at radius 1 is 1.38 bits per heavy atom. The Morgan fingerprint density at radius 2 is 2.08 bits per heavy atom. The summed E-state index contributed by atoms with van der Waals surface area (Å²) in [5.74, 6) is 1.94. The van der Waals surface area contributed by atoms with Gasteiger partial charge in [-0.05, 0) is 37.5 Å². The van der Waals surface area contributed by atoms with Gasteiger partial charge < -0.3 is 5.11 Å². The van der Waals surface area contributed by atoms with E-state index in [1.165, 1.54) is 6.42 Å². The largest absolute Gasteiger partial charge is 0.393 e. The Hall–Kier alpha value is -0.300. The highest BCUT2D eigenvalue weighted by Gasteiger charge is 2.37. The lowest BCUT2D eigenvalue weighted by molar-refractivity contribution is 0.118. The first-order chi connectivity index (χ1) is 6.20. The zero-order valence-corrected chi connectivity index (χ0v) is 9.03. The third-order valence-electron chi connectivity index (χ3n) is 3.50. The Bertz CT molecular complexity index is 174. The Kier molecular flexibility index (Phi) is 3.98. The molecule has 0 aliphatic heterocycles. The maximum absolute atomic E-state index is 9.85. The van der Waals surface area contributed by atoms with Gasteiger partial charge in [0, 0.05) is 0 Å². The Morgan fingerprint density at radius 3 is 2.62 bits per heavy atom. The summed E-state index contributed by atoms with van der Waals surface area (Å²) in [6, 6.07) is 0. The summed E-state index contributed by atoms with van der Waals surface area (Å²) < 4.78 is 0. The van der Waals surface area contributed by atoms with Crippen LogP contribution in [-0.2, 0) is 0 Å². The number of allylic oxidation sites excluding steroid dienone is 2. The van der Waals surface area contributed by atoms with Crippen molar-refractivity contribution in [3.8, 4) is 0 Å². The van der Waals surface area contributed by atoms with E-state index in [-0.39, 0.29) is 6.10 Å². The van der Waals surface area contributed by atoms with Crippen molar-refractivity contribution in [2.45, 2.75) is 46.1 Å². The van der Waals surface area contributed by atoms with Crippen LogP contribution in [-0.4, -0.2) is 11.2 Å². The van der Waals surface area contributed by atoms with E-state index in [1.54, 1.807) is 0 Å². The van der Waals surface area contributed by atoms with Gasteiger partial charge in [-0.25, -0.2) is 0 Å². The van der Waals surface area contributed by atoms with E-state index >= 15 is 0 Å². The van der Waals surface area contributed by atoms with Crippen molar-refractivity contribution in [3.63, 3.8) is 0 Å². The van der Waals surface area contributed by atoms with Crippen molar-refractivity contribution in [1.29, 1.82) is 0 Å². The highest BCUT2D eigenvalue weighted by Crippen LogP contribution is 2.40. The molecule has 1 saturated carbocycles. The van der Waals surface area contributed by atoms with E-state index in [1.807, 2.05) is 6.92 Å². The molecule has 1 fully saturated rings. The molecule has 1 aliphatic carbocycles. The minimum absolute atomic E-state index is 0.0591. The van der Waals surface area contributed by atoms with Gasteiger partial charge in [0.1, 0.15) is 0 Å². The lowest BCUT2D eigenvalue weighted by atomic mass is 9.85. The van der Waals surface area contributed by atoms with Crippen LogP contribution >= 0.6 is 0 Å². The normalized spacial score (nSPS) is 40.3. The summed E-state index contributed by atoms with van der Waals surface area (Å²) in [5, 5.41) is 9.85. The van der Waals surface area contributed by atoms with Gasteiger partial charge in [-0.1, -0.05) is 32.4 Å². The van der Waals surface area contributed by atoms with Crippen LogP contribution in [0.25, 0.3) is 0 Å². The second kappa shape index (κ2) is 4.80. The number of hydrogen-bond donors (Lipinski definition) is 1. The first-order valence-corrected chi connectivity index (χ1v) is 5.49. The second-order valence-corrected chi connectivity index (χ2v) is 4.32. The number of hydrogen-bond acceptors (Lipinski definition) is 1. The average Bonchev–Trinajstić information content (AvgIpc) is 2.37. The standard InChI is InChI=1S/C12H22O/c1-4-6-7-11-10(5-2)9(3)8-12(11)13/h4,6,9-13H,5,7-8H2,1-3H3/b6-4-/t9-,10+,11-,12+/m1/s1. The molecular weight excluding hydrogens is 160 g/mol. The molecule has 0 saturated heterocycles. The molecule has 13 heavy (non-hydrogen) atoms. The van der Waals surface area contributed by atoms with Gasteiger partial charge in [0.15, 0.2) is 0 Å². The van der Waals surface area contributed by atoms with Crippen molar-refractivity contribution in [3.05, 3.63) is 12.2 Å². The molecule has 0 bridgehead atoms. The number of aliphatic hydroxyl groups is 1. The molecule has 1 rings (SSSR count). The maximum atomic E-state index is 9.85. The first-order valence-electron chi connectivity index (χ1n) is 5.49.